The van der Waals surface area contributed by atoms with Crippen LogP contribution >= 0.6 is 23.2 Å². The Morgan fingerprint density at radius 2 is 1.95 bits per heavy atom. The molecule has 2 aromatic carbocycles. The lowest BCUT2D eigenvalue weighted by molar-refractivity contribution is -0.114. The van der Waals surface area contributed by atoms with Crippen LogP contribution in [0.5, 0.6) is 5.75 Å². The standard InChI is InChI=1S/C16H16Cl2N2O2/c1-10-7-11(17)3-5-14(10)19-9-16(21)20-12-4-6-15(22-2)13(18)8-12/h3-8,19H,9H2,1-2H3,(H,20,21). The van der Waals surface area contributed by atoms with Crippen LogP contribution in [0.2, 0.25) is 10.0 Å². The van der Waals surface area contributed by atoms with E-state index < -0.39 is 0 Å². The lowest BCUT2D eigenvalue weighted by Gasteiger charge is -2.11. The van der Waals surface area contributed by atoms with Gasteiger partial charge in [-0.1, -0.05) is 23.2 Å². The monoisotopic (exact) mass is 338 g/mol. The highest BCUT2D eigenvalue weighted by Crippen LogP contribution is 2.27. The van der Waals surface area contributed by atoms with E-state index in [-0.39, 0.29) is 12.5 Å². The minimum Gasteiger partial charge on any atom is -0.495 e. The van der Waals surface area contributed by atoms with E-state index in [9.17, 15) is 4.79 Å². The number of amides is 1. The number of carbonyl (C=O) groups excluding carboxylic acids is 1. The molecule has 0 radical (unpaired) electrons. The van der Waals surface area contributed by atoms with E-state index in [1.165, 1.54) is 7.11 Å². The summed E-state index contributed by atoms with van der Waals surface area (Å²) in [6, 6.07) is 10.5. The molecule has 116 valence electrons. The van der Waals surface area contributed by atoms with E-state index in [4.69, 9.17) is 27.9 Å². The lowest BCUT2D eigenvalue weighted by atomic mass is 10.2. The highest BCUT2D eigenvalue weighted by Gasteiger charge is 2.06. The summed E-state index contributed by atoms with van der Waals surface area (Å²) in [5.74, 6) is 0.394. The fourth-order valence-corrected chi connectivity index (χ4v) is 2.43. The van der Waals surface area contributed by atoms with Gasteiger partial charge in [-0.15, -0.1) is 0 Å². The smallest absolute Gasteiger partial charge is 0.243 e. The molecule has 0 spiro atoms. The van der Waals surface area contributed by atoms with E-state index in [0.29, 0.717) is 21.5 Å². The first-order valence-corrected chi connectivity index (χ1v) is 7.38. The summed E-state index contributed by atoms with van der Waals surface area (Å²) in [7, 11) is 1.54. The molecule has 0 aromatic heterocycles. The first kappa shape index (κ1) is 16.5. The number of nitrogens with one attached hydrogen (secondary N) is 2. The van der Waals surface area contributed by atoms with Gasteiger partial charge in [-0.05, 0) is 48.9 Å². The number of carbonyl (C=O) groups is 1. The average molecular weight is 339 g/mol. The zero-order chi connectivity index (χ0) is 16.1. The largest absolute Gasteiger partial charge is 0.495 e. The molecule has 2 N–H and O–H groups in total. The number of aryl methyl sites for hydroxylation is 1. The van der Waals surface area contributed by atoms with E-state index in [1.54, 1.807) is 24.3 Å². The molecule has 0 aliphatic carbocycles. The Morgan fingerprint density at radius 3 is 2.59 bits per heavy atom. The van der Waals surface area contributed by atoms with E-state index >= 15 is 0 Å². The molecule has 22 heavy (non-hydrogen) atoms. The van der Waals surface area contributed by atoms with Gasteiger partial charge >= 0.3 is 0 Å². The normalized spacial score (nSPS) is 10.2. The lowest BCUT2D eigenvalue weighted by Crippen LogP contribution is -2.22. The molecule has 1 amide bonds. The van der Waals surface area contributed by atoms with Crippen molar-refractivity contribution in [3.8, 4) is 5.75 Å². The summed E-state index contributed by atoms with van der Waals surface area (Å²) in [6.45, 7) is 2.07. The molecule has 6 heteroatoms. The van der Waals surface area contributed by atoms with Crippen molar-refractivity contribution in [2.24, 2.45) is 0 Å². The Bertz CT molecular complexity index is 690. The van der Waals surface area contributed by atoms with E-state index in [2.05, 4.69) is 10.6 Å². The summed E-state index contributed by atoms with van der Waals surface area (Å²) >= 11 is 11.9. The molecule has 0 atom stereocenters. The fraction of sp³-hybridized carbons (Fsp3) is 0.188. The molecule has 0 unspecified atom stereocenters. The number of ether oxygens (including phenoxy) is 1. The van der Waals surface area contributed by atoms with Crippen molar-refractivity contribution in [1.29, 1.82) is 0 Å². The maximum Gasteiger partial charge on any atom is 0.243 e. The topological polar surface area (TPSA) is 50.4 Å². The van der Waals surface area contributed by atoms with E-state index in [1.807, 2.05) is 19.1 Å². The summed E-state index contributed by atoms with van der Waals surface area (Å²) in [5, 5.41) is 6.95. The van der Waals surface area contributed by atoms with Crippen LogP contribution in [0, 0.1) is 6.92 Å². The maximum atomic E-state index is 12.0. The number of halogens is 2. The Hall–Kier alpha value is -1.91. The van der Waals surface area contributed by atoms with Gasteiger partial charge in [0.15, 0.2) is 0 Å². The second-order valence-corrected chi connectivity index (χ2v) is 5.55. The number of rotatable bonds is 5. The zero-order valence-corrected chi connectivity index (χ0v) is 13.8. The van der Waals surface area contributed by atoms with Gasteiger partial charge in [0.1, 0.15) is 5.75 Å². The van der Waals surface area contributed by atoms with Crippen LogP contribution in [0.25, 0.3) is 0 Å². The molecule has 0 aliphatic rings. The number of methoxy groups -OCH3 is 1. The van der Waals surface area contributed by atoms with Crippen LogP contribution in [0.3, 0.4) is 0 Å². The summed E-state index contributed by atoms with van der Waals surface area (Å²) in [5.41, 5.74) is 2.46. The minimum atomic E-state index is -0.171. The molecule has 0 saturated carbocycles. The second-order valence-electron chi connectivity index (χ2n) is 4.71. The Labute approximate surface area is 139 Å². The third-order valence-electron chi connectivity index (χ3n) is 3.06. The van der Waals surface area contributed by atoms with Crippen molar-refractivity contribution in [3.63, 3.8) is 0 Å². The molecule has 0 bridgehead atoms. The average Bonchev–Trinajstić information content (AvgIpc) is 2.46. The summed E-state index contributed by atoms with van der Waals surface area (Å²) in [4.78, 5) is 12.0. The Morgan fingerprint density at radius 1 is 1.18 bits per heavy atom. The van der Waals surface area contributed by atoms with Crippen molar-refractivity contribution < 1.29 is 9.53 Å². The Kier molecular flexibility index (Phi) is 5.52. The zero-order valence-electron chi connectivity index (χ0n) is 12.2. The van der Waals surface area contributed by atoms with Gasteiger partial charge in [0.05, 0.1) is 18.7 Å². The number of hydrogen-bond donors (Lipinski definition) is 2. The van der Waals surface area contributed by atoms with Crippen LogP contribution in [-0.2, 0) is 4.79 Å². The molecule has 0 aliphatic heterocycles. The summed E-state index contributed by atoms with van der Waals surface area (Å²) < 4.78 is 5.07. The summed E-state index contributed by atoms with van der Waals surface area (Å²) in [6.07, 6.45) is 0. The van der Waals surface area contributed by atoms with Crippen LogP contribution in [0.4, 0.5) is 11.4 Å². The van der Waals surface area contributed by atoms with Crippen LogP contribution in [0.15, 0.2) is 36.4 Å². The number of benzene rings is 2. The molecule has 4 nitrogen and oxygen atoms in total. The van der Waals surface area contributed by atoms with Crippen molar-refractivity contribution in [2.75, 3.05) is 24.3 Å². The first-order valence-electron chi connectivity index (χ1n) is 6.63. The first-order chi connectivity index (χ1) is 10.5. The van der Waals surface area contributed by atoms with Gasteiger partial charge < -0.3 is 15.4 Å². The second kappa shape index (κ2) is 7.38. The van der Waals surface area contributed by atoms with Crippen molar-refractivity contribution >= 4 is 40.5 Å². The molecule has 2 aromatic rings. The third kappa shape index (κ3) is 4.29. The van der Waals surface area contributed by atoms with Gasteiger partial charge in [0.2, 0.25) is 5.91 Å². The highest BCUT2D eigenvalue weighted by molar-refractivity contribution is 6.32. The van der Waals surface area contributed by atoms with Crippen LogP contribution in [-0.4, -0.2) is 19.6 Å². The third-order valence-corrected chi connectivity index (χ3v) is 3.59. The number of anilines is 2. The van der Waals surface area contributed by atoms with Gasteiger partial charge in [0.25, 0.3) is 0 Å². The minimum absolute atomic E-state index is 0.145. The Balaban J connectivity index is 1.94. The van der Waals surface area contributed by atoms with Crippen molar-refractivity contribution in [2.45, 2.75) is 6.92 Å². The molecular formula is C16H16Cl2N2O2. The van der Waals surface area contributed by atoms with Crippen LogP contribution in [0.1, 0.15) is 5.56 Å². The SMILES string of the molecule is COc1ccc(NC(=O)CNc2ccc(Cl)cc2C)cc1Cl. The van der Waals surface area contributed by atoms with Gasteiger partial charge in [0, 0.05) is 16.4 Å². The molecule has 0 heterocycles. The maximum absolute atomic E-state index is 12.0. The van der Waals surface area contributed by atoms with Gasteiger partial charge in [-0.2, -0.15) is 0 Å². The molecule has 0 fully saturated rings. The fourth-order valence-electron chi connectivity index (χ4n) is 1.95. The van der Waals surface area contributed by atoms with Crippen molar-refractivity contribution in [1.82, 2.24) is 0 Å². The number of hydrogen-bond acceptors (Lipinski definition) is 3. The van der Waals surface area contributed by atoms with Gasteiger partial charge in [-0.25, -0.2) is 0 Å². The van der Waals surface area contributed by atoms with Crippen molar-refractivity contribution in [3.05, 3.63) is 52.0 Å². The highest BCUT2D eigenvalue weighted by atomic mass is 35.5. The predicted molar refractivity (Wildman–Crippen MR) is 91.3 cm³/mol. The predicted octanol–water partition coefficient (Wildman–Crippen LogP) is 4.36. The van der Waals surface area contributed by atoms with Gasteiger partial charge in [-0.3, -0.25) is 4.79 Å². The van der Waals surface area contributed by atoms with Crippen LogP contribution < -0.4 is 15.4 Å². The molecule has 2 rings (SSSR count). The quantitative estimate of drug-likeness (QED) is 0.851. The molecule has 0 saturated heterocycles. The molecular weight excluding hydrogens is 323 g/mol. The van der Waals surface area contributed by atoms with E-state index in [0.717, 1.165) is 11.3 Å².